The molecule has 0 fully saturated rings. The molecule has 2 N–H and O–H groups in total. The summed E-state index contributed by atoms with van der Waals surface area (Å²) < 4.78 is 17.0. The first-order valence-electron chi connectivity index (χ1n) is 14.9. The van der Waals surface area contributed by atoms with Gasteiger partial charge in [0.1, 0.15) is 18.9 Å². The van der Waals surface area contributed by atoms with E-state index >= 15 is 0 Å². The van der Waals surface area contributed by atoms with Gasteiger partial charge in [-0.15, -0.1) is 0 Å². The summed E-state index contributed by atoms with van der Waals surface area (Å²) in [6.45, 7) is 20.9. The summed E-state index contributed by atoms with van der Waals surface area (Å²) in [4.78, 5) is 27.5. The molecule has 1 aromatic heterocycles. The molecule has 0 aliphatic rings. The average molecular weight is 588 g/mol. The Balaban J connectivity index is 0.00000108. The van der Waals surface area contributed by atoms with Crippen LogP contribution in [0.1, 0.15) is 84.3 Å². The van der Waals surface area contributed by atoms with Crippen molar-refractivity contribution >= 4 is 22.6 Å². The van der Waals surface area contributed by atoms with E-state index in [0.29, 0.717) is 36.5 Å². The summed E-state index contributed by atoms with van der Waals surface area (Å²) >= 11 is 0. The van der Waals surface area contributed by atoms with E-state index in [1.807, 2.05) is 67.5 Å². The van der Waals surface area contributed by atoms with Crippen molar-refractivity contribution in [3.63, 3.8) is 0 Å². The number of aromatic nitrogens is 1. The van der Waals surface area contributed by atoms with Crippen LogP contribution in [0.2, 0.25) is 0 Å². The third-order valence-electron chi connectivity index (χ3n) is 6.66. The van der Waals surface area contributed by atoms with Crippen LogP contribution in [0.15, 0.2) is 42.3 Å². The monoisotopic (exact) mass is 587 g/mol. The Bertz CT molecular complexity index is 1120. The third-order valence-corrected chi connectivity index (χ3v) is 6.66. The molecule has 1 heterocycles. The Hall–Kier alpha value is -3.26. The molecule has 2 rings (SSSR count). The van der Waals surface area contributed by atoms with Gasteiger partial charge in [-0.05, 0) is 77.5 Å². The van der Waals surface area contributed by atoms with Crippen molar-refractivity contribution in [3.05, 3.63) is 53.6 Å². The summed E-state index contributed by atoms with van der Waals surface area (Å²) in [6.07, 6.45) is 7.68. The van der Waals surface area contributed by atoms with Gasteiger partial charge in [0.25, 0.3) is 0 Å². The maximum atomic E-state index is 13.3. The fourth-order valence-corrected chi connectivity index (χ4v) is 3.98. The standard InChI is InChI=1S/C24H36N2O3.C6H13NO2.C4H8/c1-16(2)10-12-25(13-11-17(3)4)23(28)15-26-18(5)24(19(6)27)21-9-8-20(29-7)14-22(21)26;1-3-6(7)9-5-4-8-2;1-3-4-2/h8-9,14,16-17H,10-13,15H2,1-7H3;3H,4-5,7H2,1-2H3;3-4H,1-2H3/b;6-3+;4-3-. The minimum atomic E-state index is 0.0142. The first kappa shape index (κ1) is 38.7. The van der Waals surface area contributed by atoms with Gasteiger partial charge in [0, 0.05) is 42.9 Å². The van der Waals surface area contributed by atoms with Crippen molar-refractivity contribution in [2.24, 2.45) is 17.6 Å². The third kappa shape index (κ3) is 14.1. The van der Waals surface area contributed by atoms with Crippen LogP contribution in [0.25, 0.3) is 10.9 Å². The van der Waals surface area contributed by atoms with E-state index in [1.54, 1.807) is 27.2 Å². The maximum absolute atomic E-state index is 13.3. The number of allylic oxidation sites excluding steroid dienone is 3. The number of methoxy groups -OCH3 is 2. The van der Waals surface area contributed by atoms with E-state index in [2.05, 4.69) is 27.7 Å². The van der Waals surface area contributed by atoms with Gasteiger partial charge in [-0.3, -0.25) is 9.59 Å². The van der Waals surface area contributed by atoms with Gasteiger partial charge in [-0.1, -0.05) is 39.8 Å². The van der Waals surface area contributed by atoms with Crippen molar-refractivity contribution in [3.8, 4) is 5.75 Å². The molecule has 0 bridgehead atoms. The van der Waals surface area contributed by atoms with Crippen LogP contribution in [-0.4, -0.2) is 61.7 Å². The molecule has 42 heavy (non-hydrogen) atoms. The van der Waals surface area contributed by atoms with E-state index in [0.717, 1.165) is 48.3 Å². The fourth-order valence-electron chi connectivity index (χ4n) is 3.98. The van der Waals surface area contributed by atoms with Gasteiger partial charge in [0.15, 0.2) is 11.7 Å². The van der Waals surface area contributed by atoms with Crippen LogP contribution in [0.4, 0.5) is 0 Å². The van der Waals surface area contributed by atoms with Crippen molar-refractivity contribution in [1.82, 2.24) is 9.47 Å². The second kappa shape index (κ2) is 21.4. The van der Waals surface area contributed by atoms with Gasteiger partial charge in [0.2, 0.25) is 5.91 Å². The van der Waals surface area contributed by atoms with E-state index in [4.69, 9.17) is 19.9 Å². The lowest BCUT2D eigenvalue weighted by Crippen LogP contribution is -2.36. The normalized spacial score (nSPS) is 11.3. The molecule has 8 nitrogen and oxygen atoms in total. The summed E-state index contributed by atoms with van der Waals surface area (Å²) in [5, 5.41) is 0.875. The van der Waals surface area contributed by atoms with Crippen LogP contribution in [0.3, 0.4) is 0 Å². The Morgan fingerprint density at radius 2 is 1.55 bits per heavy atom. The van der Waals surface area contributed by atoms with Crippen LogP contribution in [-0.2, 0) is 20.8 Å². The summed E-state index contributed by atoms with van der Waals surface area (Å²) in [6, 6.07) is 5.68. The number of amides is 1. The number of rotatable bonds is 14. The Morgan fingerprint density at radius 1 is 0.976 bits per heavy atom. The van der Waals surface area contributed by atoms with E-state index in [1.165, 1.54) is 0 Å². The molecule has 2 aromatic rings. The summed E-state index contributed by atoms with van der Waals surface area (Å²) in [5.41, 5.74) is 7.69. The molecule has 0 saturated carbocycles. The quantitative estimate of drug-likeness (QED) is 0.109. The number of carbonyl (C=O) groups excluding carboxylic acids is 2. The van der Waals surface area contributed by atoms with Gasteiger partial charge in [-0.25, -0.2) is 0 Å². The largest absolute Gasteiger partial charge is 0.497 e. The number of carbonyl (C=O) groups is 2. The van der Waals surface area contributed by atoms with E-state index in [-0.39, 0.29) is 18.2 Å². The highest BCUT2D eigenvalue weighted by atomic mass is 16.5. The van der Waals surface area contributed by atoms with Gasteiger partial charge < -0.3 is 29.4 Å². The average Bonchev–Trinajstić information content (AvgIpc) is 3.23. The molecule has 1 aromatic carbocycles. The second-order valence-electron chi connectivity index (χ2n) is 10.9. The molecule has 0 aliphatic carbocycles. The Morgan fingerprint density at radius 3 is 1.98 bits per heavy atom. The summed E-state index contributed by atoms with van der Waals surface area (Å²) in [5.74, 6) is 2.38. The highest BCUT2D eigenvalue weighted by Gasteiger charge is 2.22. The van der Waals surface area contributed by atoms with Gasteiger partial charge >= 0.3 is 0 Å². The van der Waals surface area contributed by atoms with Gasteiger partial charge in [-0.2, -0.15) is 0 Å². The Kier molecular flexibility index (Phi) is 19.8. The maximum Gasteiger partial charge on any atom is 0.242 e. The van der Waals surface area contributed by atoms with E-state index in [9.17, 15) is 9.59 Å². The zero-order chi connectivity index (χ0) is 32.2. The Labute approximate surface area is 254 Å². The molecule has 0 unspecified atom stereocenters. The molecule has 1 amide bonds. The first-order valence-corrected chi connectivity index (χ1v) is 14.9. The molecule has 0 aliphatic heterocycles. The molecule has 0 saturated heterocycles. The van der Waals surface area contributed by atoms with Crippen LogP contribution in [0.5, 0.6) is 5.75 Å². The van der Waals surface area contributed by atoms with Crippen molar-refractivity contribution < 1.29 is 23.8 Å². The lowest BCUT2D eigenvalue weighted by atomic mass is 10.1. The van der Waals surface area contributed by atoms with Crippen LogP contribution >= 0.6 is 0 Å². The topological polar surface area (TPSA) is 96.0 Å². The molecule has 0 radical (unpaired) electrons. The number of Topliss-reactive ketones (excluding diaryl/α,β-unsaturated/α-hetero) is 1. The van der Waals surface area contributed by atoms with Crippen molar-refractivity contribution in [2.45, 2.75) is 81.7 Å². The molecule has 8 heteroatoms. The van der Waals surface area contributed by atoms with Crippen LogP contribution < -0.4 is 10.5 Å². The van der Waals surface area contributed by atoms with Crippen molar-refractivity contribution in [2.75, 3.05) is 40.5 Å². The fraction of sp³-hybridized carbons (Fsp3) is 0.588. The zero-order valence-electron chi connectivity index (χ0n) is 28.1. The number of hydrogen-bond acceptors (Lipinski definition) is 6. The highest BCUT2D eigenvalue weighted by molar-refractivity contribution is 6.09. The number of nitrogens with two attached hydrogens (primary N) is 1. The molecule has 0 atom stereocenters. The van der Waals surface area contributed by atoms with E-state index < -0.39 is 0 Å². The van der Waals surface area contributed by atoms with Crippen molar-refractivity contribution in [1.29, 1.82) is 0 Å². The SMILES string of the molecule is C/C=C(\N)OCCOC.C/C=C\C.COc1ccc2c(C(C)=O)c(C)n(CC(=O)N(CCC(C)C)CCC(C)C)c2c1. The predicted molar refractivity (Wildman–Crippen MR) is 175 cm³/mol. The number of ether oxygens (including phenoxy) is 3. The van der Waals surface area contributed by atoms with Gasteiger partial charge in [0.05, 0.1) is 19.2 Å². The summed E-state index contributed by atoms with van der Waals surface area (Å²) in [7, 11) is 3.24. The first-order chi connectivity index (χ1) is 19.9. The lowest BCUT2D eigenvalue weighted by molar-refractivity contribution is -0.132. The zero-order valence-corrected chi connectivity index (χ0v) is 28.1. The lowest BCUT2D eigenvalue weighted by Gasteiger charge is -2.25. The second-order valence-corrected chi connectivity index (χ2v) is 10.9. The van der Waals surface area contributed by atoms with Crippen LogP contribution in [0, 0.1) is 18.8 Å². The highest BCUT2D eigenvalue weighted by Crippen LogP contribution is 2.30. The molecular weight excluding hydrogens is 530 g/mol. The predicted octanol–water partition coefficient (Wildman–Crippen LogP) is 7.13. The minimum absolute atomic E-state index is 0.0142. The molecule has 238 valence electrons. The number of hydrogen-bond donors (Lipinski definition) is 1. The molecular formula is C34H57N3O5. The smallest absolute Gasteiger partial charge is 0.242 e. The number of nitrogens with zero attached hydrogens (tertiary/aromatic N) is 2. The minimum Gasteiger partial charge on any atom is -0.497 e. The number of fused-ring (bicyclic) bond motifs is 1. The number of ketones is 1. The number of benzene rings is 1. The molecule has 0 spiro atoms.